The zero-order valence-corrected chi connectivity index (χ0v) is 17.2. The van der Waals surface area contributed by atoms with Crippen molar-refractivity contribution in [2.75, 3.05) is 39.4 Å². The van der Waals surface area contributed by atoms with E-state index >= 15 is 0 Å². The second-order valence-electron chi connectivity index (χ2n) is 7.98. The number of pyridine rings is 1. The Balaban J connectivity index is 1.43. The van der Waals surface area contributed by atoms with Gasteiger partial charge in [0.15, 0.2) is 0 Å². The number of piperidine rings is 1. The van der Waals surface area contributed by atoms with E-state index in [9.17, 15) is 12.8 Å². The molecule has 2 aliphatic heterocycles. The number of ether oxygens (including phenoxy) is 1. The molecule has 2 saturated heterocycles. The highest BCUT2D eigenvalue weighted by atomic mass is 32.2. The highest BCUT2D eigenvalue weighted by Gasteiger charge is 2.41. The monoisotopic (exact) mass is 419 g/mol. The van der Waals surface area contributed by atoms with Crippen molar-refractivity contribution in [2.24, 2.45) is 5.41 Å². The zero-order valence-electron chi connectivity index (χ0n) is 16.3. The number of aromatic nitrogens is 1. The van der Waals surface area contributed by atoms with Gasteiger partial charge in [0.1, 0.15) is 5.82 Å². The van der Waals surface area contributed by atoms with Crippen LogP contribution in [0.25, 0.3) is 0 Å². The first-order valence-corrected chi connectivity index (χ1v) is 11.4. The fourth-order valence-corrected chi connectivity index (χ4v) is 5.66. The molecule has 0 unspecified atom stereocenters. The van der Waals surface area contributed by atoms with Crippen molar-refractivity contribution in [3.05, 3.63) is 60.2 Å². The molecule has 156 valence electrons. The summed E-state index contributed by atoms with van der Waals surface area (Å²) in [5, 5.41) is 0. The van der Waals surface area contributed by atoms with E-state index in [1.165, 1.54) is 34.1 Å². The lowest BCUT2D eigenvalue weighted by molar-refractivity contribution is 0.0307. The van der Waals surface area contributed by atoms with Crippen LogP contribution < -0.4 is 0 Å². The van der Waals surface area contributed by atoms with Gasteiger partial charge in [0.25, 0.3) is 0 Å². The van der Waals surface area contributed by atoms with Crippen LogP contribution >= 0.6 is 0 Å². The van der Waals surface area contributed by atoms with Crippen LogP contribution in [0.15, 0.2) is 53.7 Å². The summed E-state index contributed by atoms with van der Waals surface area (Å²) in [7, 11) is -3.60. The molecule has 0 bridgehead atoms. The average molecular weight is 420 g/mol. The Morgan fingerprint density at radius 1 is 1.03 bits per heavy atom. The van der Waals surface area contributed by atoms with E-state index < -0.39 is 15.8 Å². The Hall–Kier alpha value is -1.87. The molecule has 0 atom stereocenters. The molecular formula is C21H26FN3O3S. The highest BCUT2D eigenvalue weighted by Crippen LogP contribution is 2.36. The van der Waals surface area contributed by atoms with Gasteiger partial charge >= 0.3 is 0 Å². The normalized spacial score (nSPS) is 21.1. The molecule has 2 aromatic rings. The second-order valence-corrected chi connectivity index (χ2v) is 9.91. The smallest absolute Gasteiger partial charge is 0.243 e. The van der Waals surface area contributed by atoms with Gasteiger partial charge < -0.3 is 4.74 Å². The molecule has 2 fully saturated rings. The quantitative estimate of drug-likeness (QED) is 0.762. The minimum absolute atomic E-state index is 0.0433. The molecular weight excluding hydrogens is 393 g/mol. The van der Waals surface area contributed by atoms with Gasteiger partial charge in [-0.15, -0.1) is 0 Å². The Labute approximate surface area is 171 Å². The maximum Gasteiger partial charge on any atom is 0.243 e. The van der Waals surface area contributed by atoms with Crippen molar-refractivity contribution in [3.8, 4) is 0 Å². The Bertz CT molecular complexity index is 914. The van der Waals surface area contributed by atoms with Gasteiger partial charge in [-0.3, -0.25) is 9.88 Å². The van der Waals surface area contributed by atoms with Crippen LogP contribution in [0.4, 0.5) is 4.39 Å². The third-order valence-electron chi connectivity index (χ3n) is 5.91. The van der Waals surface area contributed by atoms with Crippen LogP contribution in [0.2, 0.25) is 0 Å². The third-order valence-corrected chi connectivity index (χ3v) is 7.82. The lowest BCUT2D eigenvalue weighted by Crippen LogP contribution is -2.48. The number of hydrogen-bond donors (Lipinski definition) is 0. The molecule has 3 heterocycles. The molecule has 0 radical (unpaired) electrons. The molecule has 4 rings (SSSR count). The van der Waals surface area contributed by atoms with Crippen LogP contribution in [-0.2, 0) is 21.3 Å². The summed E-state index contributed by atoms with van der Waals surface area (Å²) >= 11 is 0. The van der Waals surface area contributed by atoms with Crippen molar-refractivity contribution < 1.29 is 17.5 Å². The summed E-state index contributed by atoms with van der Waals surface area (Å²) in [4.78, 5) is 6.62. The first-order chi connectivity index (χ1) is 14.0. The van der Waals surface area contributed by atoms with Gasteiger partial charge in [-0.2, -0.15) is 4.31 Å². The topological polar surface area (TPSA) is 62.7 Å². The molecule has 2 aliphatic rings. The maximum absolute atomic E-state index is 13.2. The number of halogens is 1. The predicted molar refractivity (Wildman–Crippen MR) is 107 cm³/mol. The van der Waals surface area contributed by atoms with Gasteiger partial charge in [-0.05, 0) is 54.8 Å². The van der Waals surface area contributed by atoms with Gasteiger partial charge in [-0.1, -0.05) is 0 Å². The van der Waals surface area contributed by atoms with Crippen LogP contribution in [0.1, 0.15) is 18.4 Å². The van der Waals surface area contributed by atoms with Crippen molar-refractivity contribution in [2.45, 2.75) is 24.3 Å². The van der Waals surface area contributed by atoms with Crippen molar-refractivity contribution in [1.29, 1.82) is 0 Å². The largest absolute Gasteiger partial charge is 0.379 e. The molecule has 6 nitrogen and oxygen atoms in total. The van der Waals surface area contributed by atoms with E-state index in [4.69, 9.17) is 4.74 Å². The summed E-state index contributed by atoms with van der Waals surface area (Å²) in [5.41, 5.74) is 1.17. The number of hydrogen-bond acceptors (Lipinski definition) is 5. The summed E-state index contributed by atoms with van der Waals surface area (Å²) in [6.45, 7) is 4.83. The summed E-state index contributed by atoms with van der Waals surface area (Å²) in [6.07, 6.45) is 5.11. The first kappa shape index (κ1) is 20.4. The molecule has 29 heavy (non-hydrogen) atoms. The standard InChI is InChI=1S/C21H26FN3O3S/c22-19-1-3-20(4-2-19)29(26,27)25-11-7-21(8-12-25)16-24(13-14-28-17-21)15-18-5-9-23-10-6-18/h1-6,9-10H,7-8,11-17H2. The Morgan fingerprint density at radius 2 is 1.72 bits per heavy atom. The molecule has 0 aliphatic carbocycles. The van der Waals surface area contributed by atoms with E-state index in [1.807, 2.05) is 12.1 Å². The van der Waals surface area contributed by atoms with Gasteiger partial charge in [0.2, 0.25) is 10.0 Å². The van der Waals surface area contributed by atoms with Gasteiger partial charge in [-0.25, -0.2) is 12.8 Å². The lowest BCUT2D eigenvalue weighted by Gasteiger charge is -2.42. The van der Waals surface area contributed by atoms with Crippen molar-refractivity contribution in [3.63, 3.8) is 0 Å². The van der Waals surface area contributed by atoms with Crippen molar-refractivity contribution in [1.82, 2.24) is 14.2 Å². The Kier molecular flexibility index (Phi) is 5.96. The van der Waals surface area contributed by atoms with Gasteiger partial charge in [0.05, 0.1) is 18.1 Å². The number of rotatable bonds is 4. The van der Waals surface area contributed by atoms with Crippen LogP contribution in [0.5, 0.6) is 0 Å². The summed E-state index contributed by atoms with van der Waals surface area (Å²) < 4.78 is 46.4. The molecule has 0 amide bonds. The molecule has 1 spiro atoms. The number of nitrogens with zero attached hydrogens (tertiary/aromatic N) is 3. The van der Waals surface area contributed by atoms with E-state index in [-0.39, 0.29) is 10.3 Å². The van der Waals surface area contributed by atoms with E-state index in [0.717, 1.165) is 32.5 Å². The zero-order chi connectivity index (χ0) is 20.3. The lowest BCUT2D eigenvalue weighted by atomic mass is 9.79. The predicted octanol–water partition coefficient (Wildman–Crippen LogP) is 2.52. The van der Waals surface area contributed by atoms with Crippen LogP contribution in [0.3, 0.4) is 0 Å². The first-order valence-electron chi connectivity index (χ1n) is 9.92. The van der Waals surface area contributed by atoms with E-state index in [1.54, 1.807) is 12.4 Å². The van der Waals surface area contributed by atoms with Crippen molar-refractivity contribution >= 4 is 10.0 Å². The fourth-order valence-electron chi connectivity index (χ4n) is 4.22. The summed E-state index contributed by atoms with van der Waals surface area (Å²) in [6, 6.07) is 9.09. The molecule has 1 aromatic carbocycles. The van der Waals surface area contributed by atoms with Gasteiger partial charge in [0, 0.05) is 50.5 Å². The second kappa shape index (κ2) is 8.47. The number of benzene rings is 1. The third kappa shape index (κ3) is 4.66. The highest BCUT2D eigenvalue weighted by molar-refractivity contribution is 7.89. The SMILES string of the molecule is O=S(=O)(c1ccc(F)cc1)N1CCC2(CC1)COCCN(Cc1ccncc1)C2. The van der Waals surface area contributed by atoms with E-state index in [2.05, 4.69) is 9.88 Å². The summed E-state index contributed by atoms with van der Waals surface area (Å²) in [5.74, 6) is -0.438. The van der Waals surface area contributed by atoms with Crippen LogP contribution in [-0.4, -0.2) is 62.0 Å². The molecule has 1 aromatic heterocycles. The molecule has 8 heteroatoms. The maximum atomic E-state index is 13.2. The Morgan fingerprint density at radius 3 is 2.41 bits per heavy atom. The fraction of sp³-hybridized carbons (Fsp3) is 0.476. The average Bonchev–Trinajstić information content (AvgIpc) is 2.91. The van der Waals surface area contributed by atoms with Crippen LogP contribution in [0, 0.1) is 11.2 Å². The minimum atomic E-state index is -3.60. The van der Waals surface area contributed by atoms with E-state index in [0.29, 0.717) is 26.3 Å². The molecule has 0 N–H and O–H groups in total. The minimum Gasteiger partial charge on any atom is -0.379 e. The molecule has 0 saturated carbocycles. The number of sulfonamides is 1.